The molecule has 0 saturated carbocycles. The monoisotopic (exact) mass is 218 g/mol. The Bertz CT molecular complexity index is 548. The molecular formula is C10H10N4O2. The predicted octanol–water partition coefficient (Wildman–Crippen LogP) is 1.67. The van der Waals surface area contributed by atoms with Crippen LogP contribution in [0.1, 0.15) is 5.56 Å². The van der Waals surface area contributed by atoms with Crippen LogP contribution in [0.3, 0.4) is 0 Å². The maximum atomic E-state index is 10.6. The zero-order chi connectivity index (χ0) is 11.7. The molecule has 0 saturated heterocycles. The van der Waals surface area contributed by atoms with Crippen molar-refractivity contribution in [1.82, 2.24) is 9.78 Å². The summed E-state index contributed by atoms with van der Waals surface area (Å²) in [5, 5.41) is 14.6. The highest BCUT2D eigenvalue weighted by Gasteiger charge is 2.09. The molecule has 82 valence electrons. The minimum absolute atomic E-state index is 0.0707. The number of aryl methyl sites for hydroxylation is 1. The van der Waals surface area contributed by atoms with Crippen LogP contribution in [-0.2, 0) is 0 Å². The van der Waals surface area contributed by atoms with Crippen LogP contribution in [0.15, 0.2) is 30.5 Å². The molecule has 1 aromatic carbocycles. The average Bonchev–Trinajstić information content (AvgIpc) is 2.64. The molecule has 0 aliphatic rings. The van der Waals surface area contributed by atoms with E-state index in [0.717, 1.165) is 11.3 Å². The quantitative estimate of drug-likeness (QED) is 0.613. The first kappa shape index (κ1) is 10.2. The Morgan fingerprint density at radius 1 is 1.44 bits per heavy atom. The summed E-state index contributed by atoms with van der Waals surface area (Å²) in [5.74, 6) is 0.415. The Hall–Kier alpha value is -2.37. The summed E-state index contributed by atoms with van der Waals surface area (Å²) < 4.78 is 1.59. The molecular weight excluding hydrogens is 208 g/mol. The van der Waals surface area contributed by atoms with Crippen LogP contribution in [0, 0.1) is 17.0 Å². The number of nitrogens with two attached hydrogens (primary N) is 1. The second-order valence-electron chi connectivity index (χ2n) is 3.41. The molecule has 0 fully saturated rings. The van der Waals surface area contributed by atoms with Crippen molar-refractivity contribution in [3.8, 4) is 5.69 Å². The number of benzene rings is 1. The van der Waals surface area contributed by atoms with Gasteiger partial charge in [-0.25, -0.2) is 4.68 Å². The number of hydrogen-bond donors (Lipinski definition) is 1. The van der Waals surface area contributed by atoms with Gasteiger partial charge < -0.3 is 5.73 Å². The van der Waals surface area contributed by atoms with E-state index >= 15 is 0 Å². The van der Waals surface area contributed by atoms with Crippen LogP contribution >= 0.6 is 0 Å². The molecule has 0 spiro atoms. The van der Waals surface area contributed by atoms with Gasteiger partial charge in [-0.1, -0.05) is 0 Å². The van der Waals surface area contributed by atoms with Crippen LogP contribution < -0.4 is 5.73 Å². The number of nitrogen functional groups attached to an aromatic ring is 1. The molecule has 0 aliphatic heterocycles. The Labute approximate surface area is 91.5 Å². The van der Waals surface area contributed by atoms with Gasteiger partial charge in [-0.05, 0) is 18.6 Å². The third-order valence-corrected chi connectivity index (χ3v) is 2.25. The van der Waals surface area contributed by atoms with E-state index in [1.807, 2.05) is 0 Å². The Morgan fingerprint density at radius 2 is 2.19 bits per heavy atom. The van der Waals surface area contributed by atoms with E-state index in [4.69, 9.17) is 5.73 Å². The zero-order valence-electron chi connectivity index (χ0n) is 8.62. The summed E-state index contributed by atoms with van der Waals surface area (Å²) in [6.07, 6.45) is 1.71. The number of nitrogens with zero attached hydrogens (tertiary/aromatic N) is 3. The number of anilines is 1. The topological polar surface area (TPSA) is 87.0 Å². The van der Waals surface area contributed by atoms with Gasteiger partial charge in [0.1, 0.15) is 5.82 Å². The Kier molecular flexibility index (Phi) is 2.32. The molecule has 16 heavy (non-hydrogen) atoms. The summed E-state index contributed by atoms with van der Waals surface area (Å²) in [6, 6.07) is 6.27. The van der Waals surface area contributed by atoms with E-state index in [0.29, 0.717) is 5.82 Å². The number of nitro benzene ring substituents is 1. The predicted molar refractivity (Wildman–Crippen MR) is 59.4 cm³/mol. The van der Waals surface area contributed by atoms with Crippen LogP contribution in [-0.4, -0.2) is 14.7 Å². The summed E-state index contributed by atoms with van der Waals surface area (Å²) >= 11 is 0. The normalized spacial score (nSPS) is 10.3. The fraction of sp³-hybridized carbons (Fsp3) is 0.100. The molecule has 0 aliphatic carbocycles. The number of non-ortho nitro benzene ring substituents is 1. The molecule has 2 N–H and O–H groups in total. The lowest BCUT2D eigenvalue weighted by atomic mass is 10.2. The second-order valence-corrected chi connectivity index (χ2v) is 3.41. The Morgan fingerprint density at radius 3 is 2.69 bits per heavy atom. The summed E-state index contributed by atoms with van der Waals surface area (Å²) in [4.78, 5) is 10.1. The number of nitro groups is 1. The maximum Gasteiger partial charge on any atom is 0.269 e. The molecule has 1 heterocycles. The SMILES string of the molecule is Cc1cc([N+](=O)[O-])ccc1-n1ccc(N)n1. The molecule has 2 rings (SSSR count). The highest BCUT2D eigenvalue weighted by molar-refractivity contribution is 5.48. The lowest BCUT2D eigenvalue weighted by Gasteiger charge is -2.04. The number of rotatable bonds is 2. The molecule has 2 aromatic rings. The third kappa shape index (κ3) is 1.72. The largest absolute Gasteiger partial charge is 0.382 e. The van der Waals surface area contributed by atoms with Crippen LogP contribution in [0.25, 0.3) is 5.69 Å². The van der Waals surface area contributed by atoms with Crippen molar-refractivity contribution >= 4 is 11.5 Å². The standard InChI is InChI=1S/C10H10N4O2/c1-7-6-8(14(15)16)2-3-9(7)13-5-4-10(11)12-13/h2-6H,1H3,(H2,11,12). The molecule has 6 nitrogen and oxygen atoms in total. The number of aromatic nitrogens is 2. The fourth-order valence-electron chi connectivity index (χ4n) is 1.48. The van der Waals surface area contributed by atoms with Crippen LogP contribution in [0.5, 0.6) is 0 Å². The summed E-state index contributed by atoms with van der Waals surface area (Å²) in [6.45, 7) is 1.79. The van der Waals surface area contributed by atoms with Crippen molar-refractivity contribution in [3.05, 3.63) is 46.1 Å². The zero-order valence-corrected chi connectivity index (χ0v) is 8.62. The molecule has 1 aromatic heterocycles. The van der Waals surface area contributed by atoms with E-state index in [-0.39, 0.29) is 5.69 Å². The first-order chi connectivity index (χ1) is 7.58. The molecule has 0 radical (unpaired) electrons. The van der Waals surface area contributed by atoms with Gasteiger partial charge in [-0.2, -0.15) is 5.10 Å². The Balaban J connectivity index is 2.47. The van der Waals surface area contributed by atoms with Crippen LogP contribution in [0.4, 0.5) is 11.5 Å². The summed E-state index contributed by atoms with van der Waals surface area (Å²) in [7, 11) is 0. The molecule has 0 atom stereocenters. The van der Waals surface area contributed by atoms with E-state index in [2.05, 4.69) is 5.10 Å². The van der Waals surface area contributed by atoms with E-state index in [9.17, 15) is 10.1 Å². The minimum Gasteiger partial charge on any atom is -0.382 e. The van der Waals surface area contributed by atoms with E-state index < -0.39 is 4.92 Å². The third-order valence-electron chi connectivity index (χ3n) is 2.25. The molecule has 0 unspecified atom stereocenters. The number of hydrogen-bond acceptors (Lipinski definition) is 4. The first-order valence-electron chi connectivity index (χ1n) is 4.64. The van der Waals surface area contributed by atoms with Crippen molar-refractivity contribution in [2.45, 2.75) is 6.92 Å². The maximum absolute atomic E-state index is 10.6. The molecule has 6 heteroatoms. The highest BCUT2D eigenvalue weighted by Crippen LogP contribution is 2.20. The smallest absolute Gasteiger partial charge is 0.269 e. The summed E-state index contributed by atoms with van der Waals surface area (Å²) in [5.41, 5.74) is 7.13. The first-order valence-corrected chi connectivity index (χ1v) is 4.64. The van der Waals surface area contributed by atoms with Gasteiger partial charge in [-0.15, -0.1) is 0 Å². The highest BCUT2D eigenvalue weighted by atomic mass is 16.6. The van der Waals surface area contributed by atoms with Gasteiger partial charge in [0.05, 0.1) is 10.6 Å². The van der Waals surface area contributed by atoms with Gasteiger partial charge >= 0.3 is 0 Å². The lowest BCUT2D eigenvalue weighted by molar-refractivity contribution is -0.384. The second kappa shape index (κ2) is 3.65. The van der Waals surface area contributed by atoms with Crippen molar-refractivity contribution in [2.75, 3.05) is 5.73 Å². The average molecular weight is 218 g/mol. The fourth-order valence-corrected chi connectivity index (χ4v) is 1.48. The lowest BCUT2D eigenvalue weighted by Crippen LogP contribution is -1.99. The van der Waals surface area contributed by atoms with Crippen LogP contribution in [0.2, 0.25) is 0 Å². The van der Waals surface area contributed by atoms with Crippen molar-refractivity contribution in [1.29, 1.82) is 0 Å². The molecule has 0 bridgehead atoms. The van der Waals surface area contributed by atoms with Gasteiger partial charge in [0, 0.05) is 24.4 Å². The van der Waals surface area contributed by atoms with E-state index in [1.165, 1.54) is 12.1 Å². The minimum atomic E-state index is -0.422. The van der Waals surface area contributed by atoms with Crippen molar-refractivity contribution in [2.24, 2.45) is 0 Å². The van der Waals surface area contributed by atoms with Gasteiger partial charge in [0.15, 0.2) is 0 Å². The van der Waals surface area contributed by atoms with Crippen molar-refractivity contribution in [3.63, 3.8) is 0 Å². The van der Waals surface area contributed by atoms with Gasteiger partial charge in [0.2, 0.25) is 0 Å². The molecule has 0 amide bonds. The van der Waals surface area contributed by atoms with Crippen molar-refractivity contribution < 1.29 is 4.92 Å². The van der Waals surface area contributed by atoms with Gasteiger partial charge in [0.25, 0.3) is 5.69 Å². The van der Waals surface area contributed by atoms with E-state index in [1.54, 1.807) is 29.9 Å². The van der Waals surface area contributed by atoms with Gasteiger partial charge in [-0.3, -0.25) is 10.1 Å².